The van der Waals surface area contributed by atoms with E-state index in [4.69, 9.17) is 17.3 Å². The van der Waals surface area contributed by atoms with E-state index in [2.05, 4.69) is 11.3 Å². The second-order valence-electron chi connectivity index (χ2n) is 3.22. The Bertz CT molecular complexity index is 153. The van der Waals surface area contributed by atoms with Crippen molar-refractivity contribution in [3.8, 4) is 0 Å². The minimum absolute atomic E-state index is 0. The van der Waals surface area contributed by atoms with Gasteiger partial charge in [-0.2, -0.15) is 0 Å². The summed E-state index contributed by atoms with van der Waals surface area (Å²) < 4.78 is 4.53. The molecule has 0 bridgehead atoms. The summed E-state index contributed by atoms with van der Waals surface area (Å²) in [4.78, 5) is 10.8. The zero-order chi connectivity index (χ0) is 9.61. The molecule has 2 N–H and O–H groups in total. The molecule has 0 fully saturated rings. The smallest absolute Gasteiger partial charge is 0.305 e. The molecule has 0 spiro atoms. The minimum atomic E-state index is -1.53. The van der Waals surface area contributed by atoms with Gasteiger partial charge in [-0.25, -0.2) is 0 Å². The third kappa shape index (κ3) is 6.32. The van der Waals surface area contributed by atoms with Crippen LogP contribution in [0.3, 0.4) is 0 Å². The van der Waals surface area contributed by atoms with Crippen LogP contribution in [0.1, 0.15) is 6.42 Å². The highest BCUT2D eigenvalue weighted by Crippen LogP contribution is 2.12. The fourth-order valence-corrected chi connectivity index (χ4v) is 2.71. The number of methoxy groups -OCH3 is 1. The Morgan fingerprint density at radius 1 is 1.62 bits per heavy atom. The molecule has 0 aromatic rings. The lowest BCUT2D eigenvalue weighted by atomic mass is 10.5. The Labute approximate surface area is 91.4 Å². The van der Waals surface area contributed by atoms with Crippen LogP contribution in [0.5, 0.6) is 0 Å². The van der Waals surface area contributed by atoms with E-state index in [0.717, 1.165) is 6.04 Å². The van der Waals surface area contributed by atoms with Crippen LogP contribution in [0, 0.1) is 0 Å². The second-order valence-corrected chi connectivity index (χ2v) is 8.82. The Morgan fingerprint density at radius 3 is 2.46 bits per heavy atom. The predicted octanol–water partition coefficient (Wildman–Crippen LogP) is 1.33. The maximum Gasteiger partial charge on any atom is 0.305 e. The summed E-state index contributed by atoms with van der Waals surface area (Å²) in [6, 6.07) is 0.819. The van der Waals surface area contributed by atoms with Crippen molar-refractivity contribution < 1.29 is 9.53 Å². The molecule has 0 saturated carbocycles. The normalized spacial score (nSPS) is 14.2. The molecule has 0 rings (SSSR count). The number of nitrogens with two attached hydrogens (primary N) is 1. The van der Waals surface area contributed by atoms with Gasteiger partial charge in [0, 0.05) is 11.9 Å². The van der Waals surface area contributed by atoms with E-state index in [1.54, 1.807) is 0 Å². The first-order chi connectivity index (χ1) is 5.58. The molecule has 0 aromatic heterocycles. The van der Waals surface area contributed by atoms with E-state index in [9.17, 15) is 4.79 Å². The molecule has 1 atom stereocenters. The third-order valence-electron chi connectivity index (χ3n) is 1.98. The standard InChI is InChI=1S/C7H16ClNO2Si.ClH/c1-11-7(10)3-4-12(2,5-8)6-9;/h3-6,9H2,1-2H3;1H. The van der Waals surface area contributed by atoms with E-state index in [1.807, 2.05) is 0 Å². The van der Waals surface area contributed by atoms with Gasteiger partial charge in [0.2, 0.25) is 0 Å². The monoisotopic (exact) mass is 245 g/mol. The number of halogens is 2. The van der Waals surface area contributed by atoms with Gasteiger partial charge in [-0.15, -0.1) is 24.0 Å². The first-order valence-electron chi connectivity index (χ1n) is 3.91. The molecular formula is C7H17Cl2NO2Si. The van der Waals surface area contributed by atoms with E-state index in [-0.39, 0.29) is 18.4 Å². The van der Waals surface area contributed by atoms with Crippen LogP contribution >= 0.6 is 24.0 Å². The van der Waals surface area contributed by atoms with Gasteiger partial charge in [-0.05, 0) is 12.2 Å². The molecule has 0 saturated heterocycles. The summed E-state index contributed by atoms with van der Waals surface area (Å²) in [6.45, 7) is 2.10. The van der Waals surface area contributed by atoms with Gasteiger partial charge in [0.1, 0.15) is 0 Å². The summed E-state index contributed by atoms with van der Waals surface area (Å²) in [5.74, 6) is -0.174. The molecule has 0 radical (unpaired) electrons. The number of carbonyl (C=O) groups is 1. The van der Waals surface area contributed by atoms with Gasteiger partial charge >= 0.3 is 5.97 Å². The topological polar surface area (TPSA) is 52.3 Å². The van der Waals surface area contributed by atoms with Crippen LogP contribution in [-0.4, -0.2) is 32.8 Å². The summed E-state index contributed by atoms with van der Waals surface area (Å²) in [5.41, 5.74) is 6.18. The van der Waals surface area contributed by atoms with Crippen molar-refractivity contribution in [3.63, 3.8) is 0 Å². The quantitative estimate of drug-likeness (QED) is 0.452. The Balaban J connectivity index is 0. The van der Waals surface area contributed by atoms with Gasteiger partial charge < -0.3 is 10.5 Å². The van der Waals surface area contributed by atoms with Crippen molar-refractivity contribution in [1.29, 1.82) is 0 Å². The third-order valence-corrected chi connectivity index (χ3v) is 7.00. The number of esters is 1. The van der Waals surface area contributed by atoms with Gasteiger partial charge in [0.25, 0.3) is 0 Å². The first kappa shape index (κ1) is 15.7. The molecule has 1 unspecified atom stereocenters. The molecule has 0 aliphatic rings. The van der Waals surface area contributed by atoms with Crippen molar-refractivity contribution in [3.05, 3.63) is 0 Å². The minimum Gasteiger partial charge on any atom is -0.469 e. The summed E-state index contributed by atoms with van der Waals surface area (Å²) in [7, 11) is -0.141. The lowest BCUT2D eigenvalue weighted by molar-refractivity contribution is -0.140. The van der Waals surface area contributed by atoms with E-state index in [1.165, 1.54) is 7.11 Å². The Morgan fingerprint density at radius 2 is 2.15 bits per heavy atom. The van der Waals surface area contributed by atoms with Gasteiger partial charge in [-0.3, -0.25) is 4.79 Å². The van der Waals surface area contributed by atoms with Crippen LogP contribution in [0.15, 0.2) is 0 Å². The summed E-state index contributed by atoms with van der Waals surface area (Å²) in [6.07, 6.45) is 1.08. The fourth-order valence-electron chi connectivity index (χ4n) is 0.729. The summed E-state index contributed by atoms with van der Waals surface area (Å²) in [5, 5.41) is 0. The molecule has 6 heteroatoms. The van der Waals surface area contributed by atoms with E-state index < -0.39 is 8.07 Å². The van der Waals surface area contributed by atoms with Crippen LogP contribution in [0.25, 0.3) is 0 Å². The molecule has 0 heterocycles. The lowest BCUT2D eigenvalue weighted by Crippen LogP contribution is -2.42. The summed E-state index contributed by atoms with van der Waals surface area (Å²) >= 11 is 5.77. The van der Waals surface area contributed by atoms with Crippen LogP contribution in [0.4, 0.5) is 0 Å². The first-order valence-corrected chi connectivity index (χ1v) is 7.56. The van der Waals surface area contributed by atoms with Crippen LogP contribution in [-0.2, 0) is 9.53 Å². The molecule has 80 valence electrons. The predicted molar refractivity (Wildman–Crippen MR) is 60.1 cm³/mol. The van der Waals surface area contributed by atoms with Crippen molar-refractivity contribution in [2.24, 2.45) is 5.73 Å². The average Bonchev–Trinajstić information content (AvgIpc) is 2.13. The molecule has 0 aliphatic heterocycles. The highest BCUT2D eigenvalue weighted by molar-refractivity contribution is 6.84. The zero-order valence-electron chi connectivity index (χ0n) is 8.01. The average molecular weight is 246 g/mol. The van der Waals surface area contributed by atoms with E-state index in [0.29, 0.717) is 18.1 Å². The number of ether oxygens (including phenoxy) is 1. The fraction of sp³-hybridized carbons (Fsp3) is 0.857. The largest absolute Gasteiger partial charge is 0.469 e. The molecule has 3 nitrogen and oxygen atoms in total. The van der Waals surface area contributed by atoms with Crippen molar-refractivity contribution >= 4 is 38.1 Å². The highest BCUT2D eigenvalue weighted by atomic mass is 35.5. The van der Waals surface area contributed by atoms with Gasteiger partial charge in [0.05, 0.1) is 15.2 Å². The van der Waals surface area contributed by atoms with Crippen molar-refractivity contribution in [1.82, 2.24) is 0 Å². The van der Waals surface area contributed by atoms with Gasteiger partial charge in [0.15, 0.2) is 0 Å². The molecule has 0 aromatic carbocycles. The molecule has 13 heavy (non-hydrogen) atoms. The Kier molecular flexibility index (Phi) is 9.19. The number of carbonyl (C=O) groups excluding carboxylic acids is 1. The molecule has 0 aliphatic carbocycles. The lowest BCUT2D eigenvalue weighted by Gasteiger charge is -2.21. The maximum atomic E-state index is 10.8. The second kappa shape index (κ2) is 7.61. The zero-order valence-corrected chi connectivity index (χ0v) is 10.6. The maximum absolute atomic E-state index is 10.8. The SMILES string of the molecule is COC(=O)CC[Si](C)(CN)CCl.Cl. The van der Waals surface area contributed by atoms with Crippen LogP contribution in [0.2, 0.25) is 12.6 Å². The van der Waals surface area contributed by atoms with E-state index >= 15 is 0 Å². The highest BCUT2D eigenvalue weighted by Gasteiger charge is 2.25. The Hall–Kier alpha value is 0.227. The van der Waals surface area contributed by atoms with Crippen molar-refractivity contribution in [2.75, 3.05) is 18.8 Å². The van der Waals surface area contributed by atoms with Crippen molar-refractivity contribution in [2.45, 2.75) is 19.0 Å². The number of hydrogen-bond acceptors (Lipinski definition) is 3. The number of rotatable bonds is 5. The number of alkyl halides is 1. The number of hydrogen-bond donors (Lipinski definition) is 1. The van der Waals surface area contributed by atoms with Gasteiger partial charge in [-0.1, -0.05) is 6.55 Å². The van der Waals surface area contributed by atoms with Crippen LogP contribution < -0.4 is 5.73 Å². The molecule has 0 amide bonds. The molecular weight excluding hydrogens is 229 g/mol.